The van der Waals surface area contributed by atoms with Crippen molar-refractivity contribution >= 4 is 33.2 Å². The van der Waals surface area contributed by atoms with Crippen LogP contribution in [0, 0.1) is 0 Å². The van der Waals surface area contributed by atoms with E-state index in [1.165, 1.54) is 0 Å². The molecule has 0 bridgehead atoms. The number of sulfonamides is 1. The molecule has 0 heterocycles. The van der Waals surface area contributed by atoms with Gasteiger partial charge >= 0.3 is 0 Å². The zero-order valence-electron chi connectivity index (χ0n) is 19.6. The molecule has 0 saturated carbocycles. The van der Waals surface area contributed by atoms with Gasteiger partial charge in [-0.25, -0.2) is 8.42 Å². The summed E-state index contributed by atoms with van der Waals surface area (Å²) in [6, 6.07) is 13.8. The van der Waals surface area contributed by atoms with Crippen LogP contribution in [0.4, 0.5) is 11.4 Å². The Kier molecular flexibility index (Phi) is 8.07. The van der Waals surface area contributed by atoms with Gasteiger partial charge in [-0.05, 0) is 48.6 Å². The predicted octanol–water partition coefficient (Wildman–Crippen LogP) is 3.92. The zero-order chi connectivity index (χ0) is 24.1. The molecule has 2 aromatic carbocycles. The van der Waals surface area contributed by atoms with Crippen LogP contribution < -0.4 is 14.9 Å². The fraction of sp³-hybridized carbons (Fsp3) is 0.417. The number of hydrogen-bond donors (Lipinski definition) is 2. The number of rotatable bonds is 8. The van der Waals surface area contributed by atoms with Gasteiger partial charge in [0, 0.05) is 6.04 Å². The first-order valence-electron chi connectivity index (χ1n) is 10.6. The van der Waals surface area contributed by atoms with Crippen LogP contribution in [0.5, 0.6) is 0 Å². The Morgan fingerprint density at radius 2 is 1.62 bits per heavy atom. The molecule has 0 unspecified atom stereocenters. The lowest BCUT2D eigenvalue weighted by Crippen LogP contribution is -2.38. The van der Waals surface area contributed by atoms with Crippen LogP contribution in [-0.2, 0) is 20.2 Å². The van der Waals surface area contributed by atoms with Crippen molar-refractivity contribution in [2.45, 2.75) is 52.5 Å². The molecule has 0 radical (unpaired) electrons. The van der Waals surface area contributed by atoms with Crippen LogP contribution in [0.3, 0.4) is 0 Å². The number of carbonyl (C=O) groups excluding carboxylic acids is 2. The fourth-order valence-electron chi connectivity index (χ4n) is 3.04. The summed E-state index contributed by atoms with van der Waals surface area (Å²) in [6.07, 6.45) is 1.84. The maximum absolute atomic E-state index is 12.8. The van der Waals surface area contributed by atoms with Crippen molar-refractivity contribution in [1.29, 1.82) is 0 Å². The topological polar surface area (TPSA) is 95.6 Å². The summed E-state index contributed by atoms with van der Waals surface area (Å²) in [5, 5.41) is 5.56. The van der Waals surface area contributed by atoms with Crippen LogP contribution in [0.1, 0.15) is 57.0 Å². The Balaban J connectivity index is 2.24. The average molecular weight is 460 g/mol. The zero-order valence-corrected chi connectivity index (χ0v) is 20.4. The molecule has 0 aliphatic rings. The Hall–Kier alpha value is -2.87. The molecular formula is C24H33N3O4S. The van der Waals surface area contributed by atoms with E-state index in [-0.39, 0.29) is 17.4 Å². The van der Waals surface area contributed by atoms with Gasteiger partial charge in [-0.2, -0.15) is 0 Å². The van der Waals surface area contributed by atoms with Gasteiger partial charge in [0.15, 0.2) is 0 Å². The number of para-hydroxylation sites is 1. The predicted molar refractivity (Wildman–Crippen MR) is 130 cm³/mol. The van der Waals surface area contributed by atoms with E-state index in [1.54, 1.807) is 36.4 Å². The summed E-state index contributed by atoms with van der Waals surface area (Å²) in [5.41, 5.74) is 2.03. The first-order valence-corrected chi connectivity index (χ1v) is 12.5. The van der Waals surface area contributed by atoms with Crippen molar-refractivity contribution < 1.29 is 18.0 Å². The van der Waals surface area contributed by atoms with E-state index in [2.05, 4.69) is 31.4 Å². The summed E-state index contributed by atoms with van der Waals surface area (Å²) in [7, 11) is -3.71. The molecule has 2 amide bonds. The third-order valence-corrected chi connectivity index (χ3v) is 6.29. The smallest absolute Gasteiger partial charge is 0.253 e. The van der Waals surface area contributed by atoms with E-state index in [1.807, 2.05) is 26.0 Å². The van der Waals surface area contributed by atoms with E-state index in [0.29, 0.717) is 16.9 Å². The van der Waals surface area contributed by atoms with Gasteiger partial charge in [0.05, 0.1) is 23.2 Å². The molecule has 0 fully saturated rings. The first kappa shape index (κ1) is 25.4. The second-order valence-corrected chi connectivity index (χ2v) is 10.8. The molecule has 0 saturated heterocycles. The van der Waals surface area contributed by atoms with E-state index in [4.69, 9.17) is 0 Å². The molecule has 2 aromatic rings. The maximum atomic E-state index is 12.8. The van der Waals surface area contributed by atoms with Gasteiger partial charge in [0.2, 0.25) is 15.9 Å². The number of benzene rings is 2. The molecule has 8 heteroatoms. The summed E-state index contributed by atoms with van der Waals surface area (Å²) >= 11 is 0. The number of hydrogen-bond acceptors (Lipinski definition) is 4. The second-order valence-electron chi connectivity index (χ2n) is 8.94. The highest BCUT2D eigenvalue weighted by atomic mass is 32.2. The van der Waals surface area contributed by atoms with Gasteiger partial charge in [-0.15, -0.1) is 0 Å². The third-order valence-electron chi connectivity index (χ3n) is 5.14. The number of nitrogens with zero attached hydrogens (tertiary/aromatic N) is 1. The summed E-state index contributed by atoms with van der Waals surface area (Å²) in [6.45, 7) is 9.66. The average Bonchev–Trinajstić information content (AvgIpc) is 2.71. The number of carbonyl (C=O) groups is 2. The van der Waals surface area contributed by atoms with Crippen molar-refractivity contribution in [2.24, 2.45) is 0 Å². The van der Waals surface area contributed by atoms with Gasteiger partial charge in [0.25, 0.3) is 5.91 Å². The van der Waals surface area contributed by atoms with Gasteiger partial charge < -0.3 is 10.6 Å². The molecule has 2 N–H and O–H groups in total. The number of nitrogens with one attached hydrogen (secondary N) is 2. The molecular weight excluding hydrogens is 426 g/mol. The maximum Gasteiger partial charge on any atom is 0.253 e. The van der Waals surface area contributed by atoms with Crippen LogP contribution in [0.25, 0.3) is 0 Å². The lowest BCUT2D eigenvalue weighted by atomic mass is 9.87. The molecule has 7 nitrogen and oxygen atoms in total. The van der Waals surface area contributed by atoms with Crippen molar-refractivity contribution in [2.75, 3.05) is 22.4 Å². The number of amides is 2. The van der Waals surface area contributed by atoms with Crippen LogP contribution in [0.2, 0.25) is 0 Å². The molecule has 174 valence electrons. The highest BCUT2D eigenvalue weighted by molar-refractivity contribution is 7.92. The third kappa shape index (κ3) is 6.82. The normalized spacial score (nSPS) is 12.7. The Bertz CT molecular complexity index is 1060. The molecule has 0 aromatic heterocycles. The highest BCUT2D eigenvalue weighted by Crippen LogP contribution is 2.26. The largest absolute Gasteiger partial charge is 0.350 e. The molecule has 1 atom stereocenters. The minimum absolute atomic E-state index is 0.0111. The minimum Gasteiger partial charge on any atom is -0.350 e. The highest BCUT2D eigenvalue weighted by Gasteiger charge is 2.23. The molecule has 0 aliphatic heterocycles. The Morgan fingerprint density at radius 3 is 2.16 bits per heavy atom. The molecule has 0 aliphatic carbocycles. The molecule has 0 spiro atoms. The van der Waals surface area contributed by atoms with Crippen LogP contribution in [0.15, 0.2) is 48.5 Å². The van der Waals surface area contributed by atoms with Gasteiger partial charge in [-0.3, -0.25) is 13.9 Å². The van der Waals surface area contributed by atoms with Crippen LogP contribution in [-0.4, -0.2) is 39.1 Å². The summed E-state index contributed by atoms with van der Waals surface area (Å²) < 4.78 is 25.9. The second kappa shape index (κ2) is 10.2. The molecule has 32 heavy (non-hydrogen) atoms. The minimum atomic E-state index is -3.71. The lowest BCUT2D eigenvalue weighted by Gasteiger charge is -2.24. The van der Waals surface area contributed by atoms with E-state index in [0.717, 1.165) is 22.5 Å². The SMILES string of the molecule is CC[C@@H](C)NC(=O)c1ccccc1NC(=O)CN(c1ccc(C(C)(C)C)cc1)S(C)(=O)=O. The summed E-state index contributed by atoms with van der Waals surface area (Å²) in [5.74, 6) is -0.841. The van der Waals surface area contributed by atoms with Crippen molar-refractivity contribution in [3.05, 3.63) is 59.7 Å². The van der Waals surface area contributed by atoms with Gasteiger partial charge in [-0.1, -0.05) is 52.0 Å². The van der Waals surface area contributed by atoms with Gasteiger partial charge in [0.1, 0.15) is 6.54 Å². The van der Waals surface area contributed by atoms with Crippen molar-refractivity contribution in [3.63, 3.8) is 0 Å². The van der Waals surface area contributed by atoms with Crippen molar-refractivity contribution in [3.8, 4) is 0 Å². The standard InChI is InChI=1S/C24H33N3O4S/c1-7-17(2)25-23(29)20-10-8-9-11-21(20)26-22(28)16-27(32(6,30)31)19-14-12-18(13-15-19)24(3,4)5/h8-15,17H,7,16H2,1-6H3,(H,25,29)(H,26,28)/t17-/m1/s1. The lowest BCUT2D eigenvalue weighted by molar-refractivity contribution is -0.114. The van der Waals surface area contributed by atoms with Crippen LogP contribution >= 0.6 is 0 Å². The summed E-state index contributed by atoms with van der Waals surface area (Å²) in [4.78, 5) is 25.3. The quantitative estimate of drug-likeness (QED) is 0.625. The van der Waals surface area contributed by atoms with Crippen molar-refractivity contribution in [1.82, 2.24) is 5.32 Å². The Morgan fingerprint density at radius 1 is 1.03 bits per heavy atom. The van der Waals surface area contributed by atoms with E-state index < -0.39 is 22.5 Å². The fourth-order valence-corrected chi connectivity index (χ4v) is 3.90. The Labute approximate surface area is 191 Å². The van der Waals surface area contributed by atoms with E-state index in [9.17, 15) is 18.0 Å². The monoisotopic (exact) mass is 459 g/mol. The molecule has 2 rings (SSSR count). The van der Waals surface area contributed by atoms with E-state index >= 15 is 0 Å². The number of anilines is 2. The first-order chi connectivity index (χ1) is 14.8.